The molecule has 3 heterocycles. The Balaban J connectivity index is 1.60. The first-order chi connectivity index (χ1) is 12.3. The number of amides is 1. The lowest BCUT2D eigenvalue weighted by atomic mass is 9.71. The number of benzene rings is 1. The summed E-state index contributed by atoms with van der Waals surface area (Å²) in [6, 6.07) is 8.22. The molecule has 3 aliphatic rings. The molecule has 0 aromatic heterocycles. The molecule has 4 rings (SSSR count). The summed E-state index contributed by atoms with van der Waals surface area (Å²) >= 11 is 0. The minimum atomic E-state index is -0.196. The fourth-order valence-electron chi connectivity index (χ4n) is 6.01. The van der Waals surface area contributed by atoms with Crippen LogP contribution in [0.3, 0.4) is 0 Å². The van der Waals surface area contributed by atoms with E-state index in [9.17, 15) is 4.79 Å². The van der Waals surface area contributed by atoms with Crippen LogP contribution < -0.4 is 0 Å². The van der Waals surface area contributed by atoms with Gasteiger partial charge in [0.15, 0.2) is 0 Å². The van der Waals surface area contributed by atoms with Crippen molar-refractivity contribution < 1.29 is 4.79 Å². The van der Waals surface area contributed by atoms with Crippen molar-refractivity contribution in [2.24, 2.45) is 10.8 Å². The number of likely N-dealkylation sites (tertiary alicyclic amines) is 3. The zero-order valence-corrected chi connectivity index (χ0v) is 16.8. The van der Waals surface area contributed by atoms with E-state index in [4.69, 9.17) is 0 Å². The second-order valence-electron chi connectivity index (χ2n) is 9.38. The van der Waals surface area contributed by atoms with Crippen LogP contribution in [0.5, 0.6) is 0 Å². The van der Waals surface area contributed by atoms with Gasteiger partial charge in [0.2, 0.25) is 5.91 Å². The van der Waals surface area contributed by atoms with Gasteiger partial charge >= 0.3 is 0 Å². The van der Waals surface area contributed by atoms with Crippen LogP contribution in [0.1, 0.15) is 17.2 Å². The summed E-state index contributed by atoms with van der Waals surface area (Å²) in [5.41, 5.74) is 2.82. The number of hydrogen-bond acceptors (Lipinski definition) is 4. The van der Waals surface area contributed by atoms with Gasteiger partial charge in [0.1, 0.15) is 6.04 Å². The number of nitrogens with zero attached hydrogens (tertiary/aromatic N) is 4. The van der Waals surface area contributed by atoms with E-state index >= 15 is 0 Å². The molecule has 1 amide bonds. The average molecular weight is 357 g/mol. The molecule has 5 heteroatoms. The number of rotatable bonds is 3. The highest BCUT2D eigenvalue weighted by atomic mass is 16.2. The molecule has 0 N–H and O–H groups in total. The number of aryl methyl sites for hydroxylation is 1. The van der Waals surface area contributed by atoms with E-state index in [0.717, 1.165) is 44.8 Å². The van der Waals surface area contributed by atoms with Crippen LogP contribution >= 0.6 is 0 Å². The SMILES string of the molecule is Cc1ccc(C(C(=O)N2CC34CN(C)CC3(CN(C)C4)C2)N(C)C)cc1. The van der Waals surface area contributed by atoms with E-state index in [0.29, 0.717) is 0 Å². The molecular formula is C21H32N4O. The number of carbonyl (C=O) groups excluding carboxylic acids is 1. The van der Waals surface area contributed by atoms with E-state index in [1.165, 1.54) is 5.56 Å². The van der Waals surface area contributed by atoms with Gasteiger partial charge in [0.25, 0.3) is 0 Å². The van der Waals surface area contributed by atoms with Crippen molar-refractivity contribution in [2.75, 3.05) is 67.5 Å². The van der Waals surface area contributed by atoms with E-state index in [1.54, 1.807) is 0 Å². The van der Waals surface area contributed by atoms with Crippen LogP contribution in [-0.4, -0.2) is 93.0 Å². The van der Waals surface area contributed by atoms with Gasteiger partial charge in [-0.15, -0.1) is 0 Å². The topological polar surface area (TPSA) is 30.0 Å². The molecule has 142 valence electrons. The standard InChI is InChI=1S/C21H32N4O/c1-16-6-8-17(9-7-16)18(22(2)3)19(26)25-14-20-10-23(4)11-21(20,15-25)13-24(5)12-20/h6-9,18H,10-15H2,1-5H3. The Morgan fingerprint density at radius 3 is 1.81 bits per heavy atom. The molecule has 0 aliphatic carbocycles. The lowest BCUT2D eigenvalue weighted by Gasteiger charge is -2.32. The smallest absolute Gasteiger partial charge is 0.244 e. The van der Waals surface area contributed by atoms with Crippen LogP contribution in [0.15, 0.2) is 24.3 Å². The summed E-state index contributed by atoms with van der Waals surface area (Å²) in [7, 11) is 8.49. The third-order valence-electron chi connectivity index (χ3n) is 6.86. The molecule has 1 aromatic carbocycles. The maximum absolute atomic E-state index is 13.5. The van der Waals surface area contributed by atoms with E-state index in [-0.39, 0.29) is 22.8 Å². The fourth-order valence-corrected chi connectivity index (χ4v) is 6.01. The Bertz CT molecular complexity index is 660. The van der Waals surface area contributed by atoms with Crippen molar-refractivity contribution in [3.63, 3.8) is 0 Å². The summed E-state index contributed by atoms with van der Waals surface area (Å²) < 4.78 is 0. The molecule has 1 atom stereocenters. The number of carbonyl (C=O) groups is 1. The van der Waals surface area contributed by atoms with Gasteiger partial charge in [-0.1, -0.05) is 29.8 Å². The minimum absolute atomic E-state index is 0.196. The molecule has 0 radical (unpaired) electrons. The Hall–Kier alpha value is -1.43. The highest BCUT2D eigenvalue weighted by molar-refractivity contribution is 5.84. The van der Waals surface area contributed by atoms with Gasteiger partial charge < -0.3 is 14.7 Å². The highest BCUT2D eigenvalue weighted by Gasteiger charge is 2.66. The molecule has 26 heavy (non-hydrogen) atoms. The van der Waals surface area contributed by atoms with Crippen molar-refractivity contribution in [1.29, 1.82) is 0 Å². The van der Waals surface area contributed by atoms with Gasteiger partial charge in [-0.25, -0.2) is 0 Å². The van der Waals surface area contributed by atoms with Crippen molar-refractivity contribution in [1.82, 2.24) is 19.6 Å². The lowest BCUT2D eigenvalue weighted by Crippen LogP contribution is -2.44. The van der Waals surface area contributed by atoms with Crippen LogP contribution in [0.25, 0.3) is 0 Å². The molecule has 0 bridgehead atoms. The molecule has 0 saturated carbocycles. The first kappa shape index (κ1) is 18.0. The van der Waals surface area contributed by atoms with Crippen molar-refractivity contribution >= 4 is 5.91 Å². The molecule has 0 spiro atoms. The van der Waals surface area contributed by atoms with Gasteiger partial charge in [-0.3, -0.25) is 9.69 Å². The van der Waals surface area contributed by atoms with E-state index in [1.807, 2.05) is 14.1 Å². The number of likely N-dealkylation sites (N-methyl/N-ethyl adjacent to an activating group) is 1. The largest absolute Gasteiger partial charge is 0.340 e. The summed E-state index contributed by atoms with van der Waals surface area (Å²) in [6.07, 6.45) is 0. The van der Waals surface area contributed by atoms with E-state index in [2.05, 4.69) is 64.9 Å². The Kier molecular flexibility index (Phi) is 4.17. The molecule has 3 aliphatic heterocycles. The van der Waals surface area contributed by atoms with Crippen molar-refractivity contribution in [3.05, 3.63) is 35.4 Å². The third kappa shape index (κ3) is 2.60. The third-order valence-corrected chi connectivity index (χ3v) is 6.86. The summed E-state index contributed by atoms with van der Waals surface area (Å²) in [4.78, 5) is 22.7. The lowest BCUT2D eigenvalue weighted by molar-refractivity contribution is -0.136. The maximum Gasteiger partial charge on any atom is 0.244 e. The van der Waals surface area contributed by atoms with Gasteiger partial charge in [0.05, 0.1) is 0 Å². The Labute approximate surface area is 157 Å². The average Bonchev–Trinajstić information content (AvgIpc) is 3.04. The number of hydrogen-bond donors (Lipinski definition) is 0. The van der Waals surface area contributed by atoms with Crippen molar-refractivity contribution in [2.45, 2.75) is 13.0 Å². The van der Waals surface area contributed by atoms with Gasteiger partial charge in [-0.05, 0) is 40.7 Å². The summed E-state index contributed by atoms with van der Waals surface area (Å²) in [6.45, 7) is 8.32. The molecule has 3 saturated heterocycles. The molecular weight excluding hydrogens is 324 g/mol. The Morgan fingerprint density at radius 1 is 0.923 bits per heavy atom. The predicted octanol–water partition coefficient (Wildman–Crippen LogP) is 1.30. The monoisotopic (exact) mass is 356 g/mol. The van der Waals surface area contributed by atoms with Crippen LogP contribution in [-0.2, 0) is 4.79 Å². The first-order valence-electron chi connectivity index (χ1n) is 9.64. The zero-order chi connectivity index (χ0) is 18.7. The molecule has 1 unspecified atom stereocenters. The molecule has 3 fully saturated rings. The van der Waals surface area contributed by atoms with Gasteiger partial charge in [-0.2, -0.15) is 0 Å². The first-order valence-corrected chi connectivity index (χ1v) is 9.64. The fraction of sp³-hybridized carbons (Fsp3) is 0.667. The normalized spacial score (nSPS) is 32.9. The van der Waals surface area contributed by atoms with Crippen LogP contribution in [0.4, 0.5) is 0 Å². The van der Waals surface area contributed by atoms with Crippen LogP contribution in [0.2, 0.25) is 0 Å². The second-order valence-corrected chi connectivity index (χ2v) is 9.38. The highest BCUT2D eigenvalue weighted by Crippen LogP contribution is 2.56. The zero-order valence-electron chi connectivity index (χ0n) is 16.8. The van der Waals surface area contributed by atoms with Crippen molar-refractivity contribution in [3.8, 4) is 0 Å². The van der Waals surface area contributed by atoms with E-state index < -0.39 is 0 Å². The summed E-state index contributed by atoms with van der Waals surface area (Å²) in [5, 5.41) is 0. The minimum Gasteiger partial charge on any atom is -0.340 e. The maximum atomic E-state index is 13.5. The Morgan fingerprint density at radius 2 is 1.38 bits per heavy atom. The second kappa shape index (κ2) is 6.04. The van der Waals surface area contributed by atoms with Gasteiger partial charge in [0, 0.05) is 50.1 Å². The quantitative estimate of drug-likeness (QED) is 0.817. The predicted molar refractivity (Wildman–Crippen MR) is 104 cm³/mol. The molecule has 5 nitrogen and oxygen atoms in total. The summed E-state index contributed by atoms with van der Waals surface area (Å²) in [5.74, 6) is 0.263. The van der Waals surface area contributed by atoms with Crippen LogP contribution in [0, 0.1) is 17.8 Å². The molecule has 1 aromatic rings.